The molecule has 1 rings (SSSR count). The number of methoxy groups -OCH3 is 1. The van der Waals surface area contributed by atoms with E-state index in [4.69, 9.17) is 4.74 Å². The number of hydrogen-bond donors (Lipinski definition) is 1. The van der Waals surface area contributed by atoms with Gasteiger partial charge in [0, 0.05) is 31.7 Å². The van der Waals surface area contributed by atoms with Crippen molar-refractivity contribution in [2.45, 2.75) is 18.2 Å². The fraction of sp³-hybridized carbons (Fsp3) is 0.636. The van der Waals surface area contributed by atoms with Crippen LogP contribution in [0.3, 0.4) is 0 Å². The third kappa shape index (κ3) is 4.47. The number of hydrogen-bond acceptors (Lipinski definition) is 3. The van der Waals surface area contributed by atoms with Crippen LogP contribution in [-0.4, -0.2) is 40.8 Å². The summed E-state index contributed by atoms with van der Waals surface area (Å²) in [7, 11) is 3.46. The first-order valence-corrected chi connectivity index (χ1v) is 6.37. The molecule has 1 amide bonds. The van der Waals surface area contributed by atoms with Gasteiger partial charge in [-0.2, -0.15) is 5.10 Å². The number of aromatic nitrogens is 2. The van der Waals surface area contributed by atoms with E-state index in [1.165, 1.54) is 0 Å². The van der Waals surface area contributed by atoms with Gasteiger partial charge in [0.2, 0.25) is 0 Å². The van der Waals surface area contributed by atoms with Gasteiger partial charge in [0.1, 0.15) is 0 Å². The average Bonchev–Trinajstić information content (AvgIpc) is 2.58. The Morgan fingerprint density at radius 3 is 2.94 bits per heavy atom. The fourth-order valence-electron chi connectivity index (χ4n) is 1.52. The molecule has 0 saturated carbocycles. The van der Waals surface area contributed by atoms with Crippen LogP contribution in [0.1, 0.15) is 22.5 Å². The number of rotatable bonds is 6. The van der Waals surface area contributed by atoms with Crippen molar-refractivity contribution in [3.8, 4) is 0 Å². The van der Waals surface area contributed by atoms with Crippen LogP contribution in [0, 0.1) is 6.92 Å². The molecule has 1 atom stereocenters. The Morgan fingerprint density at radius 1 is 1.71 bits per heavy atom. The largest absolute Gasteiger partial charge is 0.384 e. The van der Waals surface area contributed by atoms with Crippen molar-refractivity contribution in [3.63, 3.8) is 0 Å². The molecule has 96 valence electrons. The van der Waals surface area contributed by atoms with Gasteiger partial charge in [0.05, 0.1) is 17.9 Å². The first kappa shape index (κ1) is 14.2. The molecule has 1 N–H and O–H groups in total. The number of carbonyl (C=O) groups excluding carboxylic acids is 1. The number of carbonyl (C=O) groups is 1. The summed E-state index contributed by atoms with van der Waals surface area (Å²) in [5.41, 5.74) is 1.38. The van der Waals surface area contributed by atoms with E-state index in [2.05, 4.69) is 26.3 Å². The van der Waals surface area contributed by atoms with Crippen LogP contribution in [0.25, 0.3) is 0 Å². The molecular formula is C11H18BrN3O2. The van der Waals surface area contributed by atoms with E-state index in [-0.39, 0.29) is 10.7 Å². The van der Waals surface area contributed by atoms with E-state index in [9.17, 15) is 4.79 Å². The van der Waals surface area contributed by atoms with E-state index >= 15 is 0 Å². The Labute approximate surface area is 110 Å². The lowest BCUT2D eigenvalue weighted by Crippen LogP contribution is -2.27. The second kappa shape index (κ2) is 6.76. The molecule has 0 radical (unpaired) electrons. The molecule has 0 spiro atoms. The summed E-state index contributed by atoms with van der Waals surface area (Å²) in [4.78, 5) is 12.1. The fourth-order valence-corrected chi connectivity index (χ4v) is 2.02. The molecule has 1 aromatic rings. The number of aryl methyl sites for hydroxylation is 2. The quantitative estimate of drug-likeness (QED) is 0.805. The topological polar surface area (TPSA) is 56.1 Å². The van der Waals surface area contributed by atoms with Crippen molar-refractivity contribution >= 4 is 21.8 Å². The maximum absolute atomic E-state index is 11.8. The zero-order valence-corrected chi connectivity index (χ0v) is 12.0. The number of ether oxygens (including phenoxy) is 1. The highest BCUT2D eigenvalue weighted by molar-refractivity contribution is 9.09. The van der Waals surface area contributed by atoms with Crippen molar-refractivity contribution in [1.29, 1.82) is 0 Å². The maximum atomic E-state index is 11.8. The molecule has 5 nitrogen and oxygen atoms in total. The minimum Gasteiger partial charge on any atom is -0.384 e. The van der Waals surface area contributed by atoms with Gasteiger partial charge in [-0.3, -0.25) is 9.48 Å². The summed E-state index contributed by atoms with van der Waals surface area (Å²) < 4.78 is 6.64. The Bertz CT molecular complexity index is 379. The molecule has 0 aliphatic rings. The molecule has 1 aromatic heterocycles. The predicted octanol–water partition coefficient (Wildman–Crippen LogP) is 1.26. The first-order chi connectivity index (χ1) is 8.04. The third-order valence-corrected chi connectivity index (χ3v) is 3.07. The van der Waals surface area contributed by atoms with Crippen molar-refractivity contribution in [3.05, 3.63) is 17.5 Å². The molecule has 0 aliphatic carbocycles. The highest BCUT2D eigenvalue weighted by Gasteiger charge is 2.12. The molecular weight excluding hydrogens is 286 g/mol. The summed E-state index contributed by atoms with van der Waals surface area (Å²) in [6.45, 7) is 3.08. The molecule has 0 fully saturated rings. The summed E-state index contributed by atoms with van der Waals surface area (Å²) in [6.07, 6.45) is 2.56. The van der Waals surface area contributed by atoms with Crippen LogP contribution in [0.5, 0.6) is 0 Å². The standard InChI is InChI=1S/C11H18BrN3O2/c1-8-10(6-15(2)14-8)11(16)13-5-4-9(12)7-17-3/h6,9H,4-5,7H2,1-3H3,(H,13,16). The minimum atomic E-state index is -0.0762. The smallest absolute Gasteiger partial charge is 0.254 e. The summed E-state index contributed by atoms with van der Waals surface area (Å²) in [5.74, 6) is -0.0762. The molecule has 0 aromatic carbocycles. The van der Waals surface area contributed by atoms with Gasteiger partial charge >= 0.3 is 0 Å². The number of amides is 1. The van der Waals surface area contributed by atoms with E-state index in [1.54, 1.807) is 25.0 Å². The van der Waals surface area contributed by atoms with Crippen LogP contribution in [0.2, 0.25) is 0 Å². The van der Waals surface area contributed by atoms with Crippen molar-refractivity contribution in [2.24, 2.45) is 7.05 Å². The van der Waals surface area contributed by atoms with E-state index in [1.807, 2.05) is 6.92 Å². The average molecular weight is 304 g/mol. The number of nitrogens with zero attached hydrogens (tertiary/aromatic N) is 2. The molecule has 1 unspecified atom stereocenters. The van der Waals surface area contributed by atoms with Crippen LogP contribution < -0.4 is 5.32 Å². The number of halogens is 1. The van der Waals surface area contributed by atoms with Crippen LogP contribution in [-0.2, 0) is 11.8 Å². The monoisotopic (exact) mass is 303 g/mol. The number of nitrogens with one attached hydrogen (secondary N) is 1. The number of alkyl halides is 1. The van der Waals surface area contributed by atoms with Crippen LogP contribution in [0.15, 0.2) is 6.20 Å². The van der Waals surface area contributed by atoms with Gasteiger partial charge in [-0.25, -0.2) is 0 Å². The zero-order valence-electron chi connectivity index (χ0n) is 10.4. The summed E-state index contributed by atoms with van der Waals surface area (Å²) >= 11 is 3.47. The molecule has 17 heavy (non-hydrogen) atoms. The van der Waals surface area contributed by atoms with Crippen LogP contribution in [0.4, 0.5) is 0 Å². The lowest BCUT2D eigenvalue weighted by Gasteiger charge is -2.09. The third-order valence-electron chi connectivity index (χ3n) is 2.35. The Balaban J connectivity index is 2.37. The van der Waals surface area contributed by atoms with E-state index < -0.39 is 0 Å². The summed E-state index contributed by atoms with van der Waals surface area (Å²) in [6, 6.07) is 0. The zero-order chi connectivity index (χ0) is 12.8. The van der Waals surface area contributed by atoms with Gasteiger partial charge in [0.15, 0.2) is 0 Å². The molecule has 0 saturated heterocycles. The molecule has 0 bridgehead atoms. The molecule has 0 aliphatic heterocycles. The normalized spacial score (nSPS) is 12.5. The van der Waals surface area contributed by atoms with Gasteiger partial charge < -0.3 is 10.1 Å². The van der Waals surface area contributed by atoms with E-state index in [0.717, 1.165) is 12.1 Å². The molecule has 1 heterocycles. The second-order valence-electron chi connectivity index (χ2n) is 3.90. The second-order valence-corrected chi connectivity index (χ2v) is 5.19. The lowest BCUT2D eigenvalue weighted by atomic mass is 10.2. The summed E-state index contributed by atoms with van der Waals surface area (Å²) in [5, 5.41) is 7.00. The van der Waals surface area contributed by atoms with Gasteiger partial charge in [-0.05, 0) is 13.3 Å². The Morgan fingerprint density at radius 2 is 2.41 bits per heavy atom. The van der Waals surface area contributed by atoms with Gasteiger partial charge in [-0.15, -0.1) is 0 Å². The minimum absolute atomic E-state index is 0.0762. The van der Waals surface area contributed by atoms with Crippen LogP contribution >= 0.6 is 15.9 Å². The first-order valence-electron chi connectivity index (χ1n) is 5.46. The van der Waals surface area contributed by atoms with Crippen molar-refractivity contribution in [1.82, 2.24) is 15.1 Å². The maximum Gasteiger partial charge on any atom is 0.254 e. The van der Waals surface area contributed by atoms with Crippen molar-refractivity contribution < 1.29 is 9.53 Å². The van der Waals surface area contributed by atoms with Gasteiger partial charge in [0.25, 0.3) is 5.91 Å². The highest BCUT2D eigenvalue weighted by atomic mass is 79.9. The lowest BCUT2D eigenvalue weighted by molar-refractivity contribution is 0.0951. The predicted molar refractivity (Wildman–Crippen MR) is 69.5 cm³/mol. The molecule has 6 heteroatoms. The van der Waals surface area contributed by atoms with Crippen molar-refractivity contribution in [2.75, 3.05) is 20.3 Å². The van der Waals surface area contributed by atoms with Gasteiger partial charge in [-0.1, -0.05) is 15.9 Å². The van der Waals surface area contributed by atoms with E-state index in [0.29, 0.717) is 18.7 Å². The SMILES string of the molecule is COCC(Br)CCNC(=O)c1cn(C)nc1C. The highest BCUT2D eigenvalue weighted by Crippen LogP contribution is 2.06. The Hall–Kier alpha value is -0.880. The Kier molecular flexibility index (Phi) is 5.64.